The van der Waals surface area contributed by atoms with Gasteiger partial charge < -0.3 is 4.74 Å². The van der Waals surface area contributed by atoms with Gasteiger partial charge in [-0.1, -0.05) is 13.0 Å². The second-order valence-electron chi connectivity index (χ2n) is 4.68. The number of hydrogen-bond acceptors (Lipinski definition) is 5. The van der Waals surface area contributed by atoms with Crippen LogP contribution in [0.4, 0.5) is 5.69 Å². The maximum Gasteiger partial charge on any atom is 0.273 e. The molecule has 0 heterocycles. The van der Waals surface area contributed by atoms with E-state index in [-0.39, 0.29) is 5.69 Å². The van der Waals surface area contributed by atoms with Crippen LogP contribution in [0.2, 0.25) is 0 Å². The van der Waals surface area contributed by atoms with Crippen molar-refractivity contribution in [1.82, 2.24) is 5.32 Å². The molecule has 1 N–H and O–H groups in total. The molecule has 0 saturated heterocycles. The van der Waals surface area contributed by atoms with Crippen LogP contribution in [0.3, 0.4) is 0 Å². The molecule has 1 atom stereocenters. The second-order valence-corrected chi connectivity index (χ2v) is 4.68. The van der Waals surface area contributed by atoms with Gasteiger partial charge in [-0.2, -0.15) is 5.26 Å². The van der Waals surface area contributed by atoms with E-state index in [9.17, 15) is 10.1 Å². The first kappa shape index (κ1) is 15.9. The number of benzene rings is 1. The molecule has 1 aromatic carbocycles. The molecule has 20 heavy (non-hydrogen) atoms. The van der Waals surface area contributed by atoms with E-state index in [2.05, 4.69) is 11.4 Å². The molecule has 6 heteroatoms. The number of nitro benzene ring substituents is 1. The van der Waals surface area contributed by atoms with Gasteiger partial charge in [0.1, 0.15) is 11.3 Å². The Morgan fingerprint density at radius 1 is 1.55 bits per heavy atom. The van der Waals surface area contributed by atoms with Crippen LogP contribution in [0.15, 0.2) is 24.3 Å². The van der Waals surface area contributed by atoms with Crippen LogP contribution in [-0.4, -0.2) is 23.6 Å². The van der Waals surface area contributed by atoms with E-state index < -0.39 is 10.5 Å². The van der Waals surface area contributed by atoms with Gasteiger partial charge in [-0.05, 0) is 32.4 Å². The minimum Gasteiger partial charge on any atom is -0.493 e. The number of nitrogens with one attached hydrogen (secondary N) is 1. The standard InChI is InChI=1S/C14H19N3O3/c1-3-16-14(2,11-15)8-5-9-20-13-7-4-6-12(10-13)17(18)19/h4,6-7,10,16H,3,5,8-9H2,1-2H3. The largest absolute Gasteiger partial charge is 0.493 e. The molecule has 0 aliphatic rings. The Bertz CT molecular complexity index is 499. The average Bonchev–Trinajstić information content (AvgIpc) is 2.44. The lowest BCUT2D eigenvalue weighted by Crippen LogP contribution is -2.40. The van der Waals surface area contributed by atoms with Crippen molar-refractivity contribution in [2.24, 2.45) is 0 Å². The smallest absolute Gasteiger partial charge is 0.273 e. The van der Waals surface area contributed by atoms with E-state index in [0.29, 0.717) is 25.2 Å². The van der Waals surface area contributed by atoms with Gasteiger partial charge in [-0.3, -0.25) is 15.4 Å². The third-order valence-corrected chi connectivity index (χ3v) is 2.93. The summed E-state index contributed by atoms with van der Waals surface area (Å²) in [5, 5.41) is 22.9. The van der Waals surface area contributed by atoms with E-state index in [1.165, 1.54) is 12.1 Å². The number of rotatable bonds is 8. The summed E-state index contributed by atoms with van der Waals surface area (Å²) in [4.78, 5) is 10.2. The summed E-state index contributed by atoms with van der Waals surface area (Å²) in [5.74, 6) is 0.473. The molecule has 6 nitrogen and oxygen atoms in total. The molecular formula is C14H19N3O3. The Labute approximate surface area is 118 Å². The molecule has 0 aliphatic carbocycles. The van der Waals surface area contributed by atoms with Crippen molar-refractivity contribution >= 4 is 5.69 Å². The first-order valence-corrected chi connectivity index (χ1v) is 6.54. The highest BCUT2D eigenvalue weighted by Crippen LogP contribution is 2.19. The van der Waals surface area contributed by atoms with E-state index in [4.69, 9.17) is 10.00 Å². The zero-order chi connectivity index (χ0) is 15.0. The topological polar surface area (TPSA) is 88.2 Å². The molecule has 1 rings (SSSR count). The highest BCUT2D eigenvalue weighted by atomic mass is 16.6. The van der Waals surface area contributed by atoms with Crippen LogP contribution in [-0.2, 0) is 0 Å². The van der Waals surface area contributed by atoms with E-state index >= 15 is 0 Å². The molecule has 0 saturated carbocycles. The molecule has 0 radical (unpaired) electrons. The Hall–Kier alpha value is -2.13. The fourth-order valence-corrected chi connectivity index (χ4v) is 1.88. The predicted octanol–water partition coefficient (Wildman–Crippen LogP) is 2.65. The summed E-state index contributed by atoms with van der Waals surface area (Å²) in [5.41, 5.74) is -0.544. The van der Waals surface area contributed by atoms with Crippen molar-refractivity contribution in [3.63, 3.8) is 0 Å². The van der Waals surface area contributed by atoms with Gasteiger partial charge in [0.15, 0.2) is 0 Å². The van der Waals surface area contributed by atoms with Crippen LogP contribution in [0, 0.1) is 21.4 Å². The molecule has 108 valence electrons. The van der Waals surface area contributed by atoms with Gasteiger partial charge in [0.2, 0.25) is 0 Å². The van der Waals surface area contributed by atoms with Gasteiger partial charge in [-0.15, -0.1) is 0 Å². The lowest BCUT2D eigenvalue weighted by molar-refractivity contribution is -0.384. The SMILES string of the molecule is CCNC(C)(C#N)CCCOc1cccc([N+](=O)[O-])c1. The van der Waals surface area contributed by atoms with Crippen LogP contribution in [0.5, 0.6) is 5.75 Å². The summed E-state index contributed by atoms with van der Waals surface area (Å²) in [6, 6.07) is 8.33. The zero-order valence-electron chi connectivity index (χ0n) is 11.8. The van der Waals surface area contributed by atoms with Crippen molar-refractivity contribution < 1.29 is 9.66 Å². The fourth-order valence-electron chi connectivity index (χ4n) is 1.88. The number of hydrogen-bond donors (Lipinski definition) is 1. The highest BCUT2D eigenvalue weighted by molar-refractivity contribution is 5.37. The molecule has 0 fully saturated rings. The van der Waals surface area contributed by atoms with Crippen molar-refractivity contribution in [1.29, 1.82) is 5.26 Å². The number of nitrogens with zero attached hydrogens (tertiary/aromatic N) is 2. The third kappa shape index (κ3) is 4.86. The molecule has 0 aliphatic heterocycles. The summed E-state index contributed by atoms with van der Waals surface area (Å²) in [7, 11) is 0. The number of ether oxygens (including phenoxy) is 1. The van der Waals surface area contributed by atoms with E-state index in [0.717, 1.165) is 6.54 Å². The van der Waals surface area contributed by atoms with Gasteiger partial charge in [0, 0.05) is 6.07 Å². The van der Waals surface area contributed by atoms with Crippen LogP contribution in [0.1, 0.15) is 26.7 Å². The summed E-state index contributed by atoms with van der Waals surface area (Å²) in [6.45, 7) is 4.96. The maximum absolute atomic E-state index is 10.6. The van der Waals surface area contributed by atoms with Crippen LogP contribution >= 0.6 is 0 Å². The normalized spacial score (nSPS) is 13.2. The predicted molar refractivity (Wildman–Crippen MR) is 75.5 cm³/mol. The van der Waals surface area contributed by atoms with Crippen LogP contribution < -0.4 is 10.1 Å². The summed E-state index contributed by atoms with van der Waals surface area (Å²) < 4.78 is 5.47. The fraction of sp³-hybridized carbons (Fsp3) is 0.500. The quantitative estimate of drug-likeness (QED) is 0.448. The number of non-ortho nitro benzene ring substituents is 1. The lowest BCUT2D eigenvalue weighted by Gasteiger charge is -2.22. The molecule has 1 aromatic rings. The second kappa shape index (κ2) is 7.46. The molecule has 1 unspecified atom stereocenters. The molecule has 0 bridgehead atoms. The van der Waals surface area contributed by atoms with E-state index in [1.807, 2.05) is 13.8 Å². The van der Waals surface area contributed by atoms with Gasteiger partial charge in [0.25, 0.3) is 5.69 Å². The molecule has 0 spiro atoms. The van der Waals surface area contributed by atoms with Crippen molar-refractivity contribution in [3.05, 3.63) is 34.4 Å². The summed E-state index contributed by atoms with van der Waals surface area (Å²) in [6.07, 6.45) is 1.35. The first-order valence-electron chi connectivity index (χ1n) is 6.54. The number of nitriles is 1. The maximum atomic E-state index is 10.6. The lowest BCUT2D eigenvalue weighted by atomic mass is 9.98. The number of nitro groups is 1. The minimum atomic E-state index is -0.555. The van der Waals surface area contributed by atoms with E-state index in [1.54, 1.807) is 12.1 Å². The van der Waals surface area contributed by atoms with Crippen LogP contribution in [0.25, 0.3) is 0 Å². The van der Waals surface area contributed by atoms with Crippen molar-refractivity contribution in [2.75, 3.05) is 13.2 Å². The van der Waals surface area contributed by atoms with Crippen molar-refractivity contribution in [2.45, 2.75) is 32.2 Å². The molecule has 0 aromatic heterocycles. The monoisotopic (exact) mass is 277 g/mol. The minimum absolute atomic E-state index is 0.0111. The Morgan fingerprint density at radius 3 is 2.90 bits per heavy atom. The van der Waals surface area contributed by atoms with Crippen molar-refractivity contribution in [3.8, 4) is 11.8 Å². The summed E-state index contributed by atoms with van der Waals surface area (Å²) >= 11 is 0. The molecule has 0 amide bonds. The average molecular weight is 277 g/mol. The highest BCUT2D eigenvalue weighted by Gasteiger charge is 2.21. The van der Waals surface area contributed by atoms with Gasteiger partial charge in [0.05, 0.1) is 23.7 Å². The van der Waals surface area contributed by atoms with Gasteiger partial charge in [-0.25, -0.2) is 0 Å². The van der Waals surface area contributed by atoms with Gasteiger partial charge >= 0.3 is 0 Å². The zero-order valence-corrected chi connectivity index (χ0v) is 11.8. The Morgan fingerprint density at radius 2 is 2.30 bits per heavy atom. The Kier molecular flexibility index (Phi) is 5.94. The third-order valence-electron chi connectivity index (χ3n) is 2.93. The first-order chi connectivity index (χ1) is 9.50. The molecular weight excluding hydrogens is 258 g/mol. The Balaban J connectivity index is 2.43.